The van der Waals surface area contributed by atoms with E-state index in [1.165, 1.54) is 0 Å². The number of amides is 1. The summed E-state index contributed by atoms with van der Waals surface area (Å²) in [6, 6.07) is 0. The van der Waals surface area contributed by atoms with Gasteiger partial charge in [-0.05, 0) is 0 Å². The lowest BCUT2D eigenvalue weighted by atomic mass is 10.7. The summed E-state index contributed by atoms with van der Waals surface area (Å²) in [5.74, 6) is 0.211. The van der Waals surface area contributed by atoms with Gasteiger partial charge in [0.05, 0.1) is 0 Å². The van der Waals surface area contributed by atoms with Gasteiger partial charge in [-0.15, -0.1) is 23.2 Å². The number of hydrogen-bond acceptors (Lipinski definition) is 4. The molecule has 0 fully saturated rings. The topological polar surface area (TPSA) is 75.7 Å². The Morgan fingerprint density at radius 2 is 1.82 bits per heavy atom. The van der Waals surface area contributed by atoms with Crippen molar-refractivity contribution in [3.05, 3.63) is 0 Å². The van der Waals surface area contributed by atoms with Crippen LogP contribution in [0.4, 0.5) is 4.79 Å². The van der Waals surface area contributed by atoms with Crippen LogP contribution in [0.5, 0.6) is 0 Å². The fourth-order valence-corrected chi connectivity index (χ4v) is 2.70. The number of ether oxygens (including phenoxy) is 1. The van der Waals surface area contributed by atoms with Gasteiger partial charge in [0.15, 0.2) is 0 Å². The van der Waals surface area contributed by atoms with E-state index in [1.807, 2.05) is 0 Å². The third-order valence-corrected chi connectivity index (χ3v) is 3.66. The molecule has 1 N–H and O–H groups in total. The van der Waals surface area contributed by atoms with Gasteiger partial charge < -0.3 is 4.74 Å². The van der Waals surface area contributed by atoms with Gasteiger partial charge in [-0.1, -0.05) is 15.9 Å². The zero-order valence-corrected chi connectivity index (χ0v) is 12.8. The normalized spacial score (nSPS) is 11.5. The fraction of sp³-hybridized carbons (Fsp3) is 0.857. The highest BCUT2D eigenvalue weighted by Crippen LogP contribution is 2.00. The van der Waals surface area contributed by atoms with Crippen LogP contribution in [0.15, 0.2) is 0 Å². The largest absolute Gasteiger partial charge is 0.448 e. The predicted octanol–water partition coefficient (Wildman–Crippen LogP) is 1.13. The molecule has 102 valence electrons. The van der Waals surface area contributed by atoms with E-state index in [4.69, 9.17) is 23.2 Å². The summed E-state index contributed by atoms with van der Waals surface area (Å²) in [6.07, 6.45) is -1.03. The number of nitrogens with one attached hydrogen (secondary N) is 1. The lowest BCUT2D eigenvalue weighted by Crippen LogP contribution is -2.45. The first-order valence-corrected chi connectivity index (χ1v) is 8.23. The molecule has 0 unspecified atom stereocenters. The summed E-state index contributed by atoms with van der Waals surface area (Å²) in [5, 5.41) is 0.424. The molecule has 0 spiro atoms. The quantitative estimate of drug-likeness (QED) is 0.649. The van der Waals surface area contributed by atoms with Crippen LogP contribution in [0.2, 0.25) is 0 Å². The molecule has 0 bridgehead atoms. The third kappa shape index (κ3) is 7.30. The van der Waals surface area contributed by atoms with E-state index >= 15 is 0 Å². The summed E-state index contributed by atoms with van der Waals surface area (Å²) in [5.41, 5.74) is 0. The maximum absolute atomic E-state index is 11.7. The predicted molar refractivity (Wildman–Crippen MR) is 70.2 cm³/mol. The van der Waals surface area contributed by atoms with Crippen molar-refractivity contribution in [3.8, 4) is 0 Å². The molecule has 0 saturated carbocycles. The minimum atomic E-state index is -3.95. The number of hydrogen-bond donors (Lipinski definition) is 1. The zero-order valence-electron chi connectivity index (χ0n) is 8.86. The first-order chi connectivity index (χ1) is 7.97. The smallest absolute Gasteiger partial charge is 0.421 e. The number of carbonyl (C=O) groups excluding carboxylic acids is 1. The van der Waals surface area contributed by atoms with E-state index in [9.17, 15) is 13.2 Å². The van der Waals surface area contributed by atoms with Gasteiger partial charge in [0, 0.05) is 30.2 Å². The number of halogens is 3. The van der Waals surface area contributed by atoms with Crippen LogP contribution in [0.3, 0.4) is 0 Å². The maximum atomic E-state index is 11.7. The third-order valence-electron chi connectivity index (χ3n) is 1.53. The first kappa shape index (κ1) is 17.2. The van der Waals surface area contributed by atoms with E-state index in [2.05, 4.69) is 20.7 Å². The van der Waals surface area contributed by atoms with Crippen molar-refractivity contribution in [1.29, 1.82) is 0 Å². The summed E-state index contributed by atoms with van der Waals surface area (Å²) in [4.78, 5) is 11.1. The molecule has 17 heavy (non-hydrogen) atoms. The monoisotopic (exact) mass is 370 g/mol. The van der Waals surface area contributed by atoms with Gasteiger partial charge in [-0.3, -0.25) is 0 Å². The molecule has 1 amide bonds. The van der Waals surface area contributed by atoms with E-state index in [-0.39, 0.29) is 31.5 Å². The second-order valence-electron chi connectivity index (χ2n) is 2.71. The van der Waals surface area contributed by atoms with Crippen molar-refractivity contribution in [2.24, 2.45) is 0 Å². The van der Waals surface area contributed by atoms with Gasteiger partial charge in [0.2, 0.25) is 0 Å². The summed E-state index contributed by atoms with van der Waals surface area (Å²) >= 11 is 14.0. The molecule has 6 nitrogen and oxygen atoms in total. The van der Waals surface area contributed by atoms with Crippen molar-refractivity contribution in [1.82, 2.24) is 9.03 Å². The Bertz CT molecular complexity index is 322. The fourth-order valence-electron chi connectivity index (χ4n) is 0.871. The molecule has 0 aromatic heterocycles. The second kappa shape index (κ2) is 9.21. The van der Waals surface area contributed by atoms with Crippen LogP contribution < -0.4 is 4.72 Å². The summed E-state index contributed by atoms with van der Waals surface area (Å²) in [7, 11) is -3.95. The lowest BCUT2D eigenvalue weighted by Gasteiger charge is -2.19. The average Bonchev–Trinajstić information content (AvgIpc) is 2.25. The number of carbonyl (C=O) groups is 1. The molecule has 0 saturated heterocycles. The molecule has 10 heteroatoms. The van der Waals surface area contributed by atoms with Crippen LogP contribution in [-0.4, -0.2) is 55.6 Å². The number of nitrogens with zero attached hydrogens (tertiary/aromatic N) is 1. The molecule has 0 aliphatic rings. The second-order valence-corrected chi connectivity index (χ2v) is 5.93. The van der Waals surface area contributed by atoms with Crippen molar-refractivity contribution in [2.75, 3.05) is 36.8 Å². The van der Waals surface area contributed by atoms with Crippen LogP contribution in [-0.2, 0) is 14.9 Å². The Morgan fingerprint density at radius 3 is 2.24 bits per heavy atom. The molecular formula is C7H13BrCl2N2O4S. The summed E-state index contributed by atoms with van der Waals surface area (Å²) < 4.78 is 30.6. The van der Waals surface area contributed by atoms with E-state index in [0.717, 1.165) is 4.31 Å². The van der Waals surface area contributed by atoms with Crippen LogP contribution in [0.1, 0.15) is 0 Å². The van der Waals surface area contributed by atoms with Crippen molar-refractivity contribution in [3.63, 3.8) is 0 Å². The minimum Gasteiger partial charge on any atom is -0.448 e. The highest BCUT2D eigenvalue weighted by molar-refractivity contribution is 9.09. The Morgan fingerprint density at radius 1 is 1.29 bits per heavy atom. The van der Waals surface area contributed by atoms with Gasteiger partial charge in [-0.2, -0.15) is 12.7 Å². The Balaban J connectivity index is 4.45. The zero-order chi connectivity index (χ0) is 13.3. The Kier molecular flexibility index (Phi) is 9.34. The SMILES string of the molecule is O=C(NS(=O)(=O)N(CCCl)CCCl)OCCBr. The van der Waals surface area contributed by atoms with Gasteiger partial charge in [0.25, 0.3) is 0 Å². The molecule has 0 aliphatic heterocycles. The molecule has 0 radical (unpaired) electrons. The molecule has 0 aromatic carbocycles. The Hall–Kier alpha value is 0.240. The van der Waals surface area contributed by atoms with Gasteiger partial charge in [0.1, 0.15) is 6.61 Å². The molecule has 0 heterocycles. The average molecular weight is 372 g/mol. The lowest BCUT2D eigenvalue weighted by molar-refractivity contribution is 0.159. The standard InChI is InChI=1S/C7H13BrCl2N2O4S/c8-1-6-16-7(13)11-17(14,15)12(4-2-9)5-3-10/h1-6H2,(H,11,13). The highest BCUT2D eigenvalue weighted by Gasteiger charge is 2.23. The van der Waals surface area contributed by atoms with E-state index in [1.54, 1.807) is 4.72 Å². The van der Waals surface area contributed by atoms with Crippen molar-refractivity contribution in [2.45, 2.75) is 0 Å². The highest BCUT2D eigenvalue weighted by atomic mass is 79.9. The molecular weight excluding hydrogens is 359 g/mol. The van der Waals surface area contributed by atoms with Crippen LogP contribution in [0, 0.1) is 0 Å². The number of alkyl halides is 3. The molecule has 0 aromatic rings. The van der Waals surface area contributed by atoms with E-state index in [0.29, 0.717) is 5.33 Å². The summed E-state index contributed by atoms with van der Waals surface area (Å²) in [6.45, 7) is 0.205. The van der Waals surface area contributed by atoms with E-state index < -0.39 is 16.3 Å². The maximum Gasteiger partial charge on any atom is 0.421 e. The molecule has 0 rings (SSSR count). The molecule has 0 atom stereocenters. The van der Waals surface area contributed by atoms with Crippen molar-refractivity contribution < 1.29 is 17.9 Å². The van der Waals surface area contributed by atoms with Gasteiger partial charge >= 0.3 is 16.3 Å². The van der Waals surface area contributed by atoms with Crippen molar-refractivity contribution >= 4 is 55.4 Å². The van der Waals surface area contributed by atoms with Gasteiger partial charge in [-0.25, -0.2) is 9.52 Å². The molecule has 0 aliphatic carbocycles. The number of rotatable bonds is 8. The van der Waals surface area contributed by atoms with Crippen LogP contribution >= 0.6 is 39.1 Å². The Labute approximate surface area is 119 Å². The first-order valence-electron chi connectivity index (χ1n) is 4.60. The minimum absolute atomic E-state index is 0.0648. The van der Waals surface area contributed by atoms with Crippen LogP contribution in [0.25, 0.3) is 0 Å².